The normalized spacial score (nSPS) is 11.9. The Hall–Kier alpha value is -1.44. The lowest BCUT2D eigenvalue weighted by molar-refractivity contribution is -0.139. The maximum absolute atomic E-state index is 12.6. The molecule has 1 aromatic heterocycles. The van der Waals surface area contributed by atoms with Gasteiger partial charge >= 0.3 is 12.1 Å². The highest BCUT2D eigenvalue weighted by atomic mass is 35.5. The zero-order valence-corrected chi connectivity index (χ0v) is 9.19. The molecule has 0 unspecified atom stereocenters. The Bertz CT molecular complexity index is 475. The van der Waals surface area contributed by atoms with Crippen LogP contribution in [0.15, 0.2) is 6.20 Å². The lowest BCUT2D eigenvalue weighted by atomic mass is 10.1. The molecule has 0 fully saturated rings. The fraction of sp³-hybridized carbons (Fsp3) is 0.333. The summed E-state index contributed by atoms with van der Waals surface area (Å²) in [4.78, 5) is 13.5. The summed E-state index contributed by atoms with van der Waals surface area (Å²) in [5.41, 5.74) is -3.65. The van der Waals surface area contributed by atoms with E-state index in [-0.39, 0.29) is 6.20 Å². The van der Waals surface area contributed by atoms with E-state index in [0.717, 1.165) is 0 Å². The molecule has 1 heterocycles. The Morgan fingerprint density at radius 3 is 2.39 bits per heavy atom. The molecule has 0 aliphatic rings. The van der Waals surface area contributed by atoms with E-state index in [1.54, 1.807) is 0 Å². The summed E-state index contributed by atoms with van der Waals surface area (Å²) >= 11 is 5.35. The van der Waals surface area contributed by atoms with Crippen LogP contribution in [-0.2, 0) is 17.4 Å². The largest absolute Gasteiger partial charge is 0.481 e. The van der Waals surface area contributed by atoms with E-state index < -0.39 is 46.8 Å². The molecular weight excluding hydrogens is 285 g/mol. The van der Waals surface area contributed by atoms with Gasteiger partial charge in [0.25, 0.3) is 6.43 Å². The maximum Gasteiger partial charge on any atom is 0.418 e. The lowest BCUT2D eigenvalue weighted by Crippen LogP contribution is -2.14. The van der Waals surface area contributed by atoms with Crippen molar-refractivity contribution < 1.29 is 31.9 Å². The topological polar surface area (TPSA) is 50.2 Å². The number of carboxylic acids is 1. The molecule has 0 aliphatic carbocycles. The summed E-state index contributed by atoms with van der Waals surface area (Å²) in [5.74, 6) is -1.44. The van der Waals surface area contributed by atoms with Gasteiger partial charge < -0.3 is 5.11 Å². The van der Waals surface area contributed by atoms with Crippen molar-refractivity contribution in [3.8, 4) is 0 Å². The SMILES string of the molecule is O=C(O)Cc1ncc(C(F)(F)F)c(C(F)F)c1Cl. The number of halogens is 6. The molecule has 1 rings (SSSR count). The van der Waals surface area contributed by atoms with Gasteiger partial charge in [-0.05, 0) is 0 Å². The minimum absolute atomic E-state index is 0.158. The highest BCUT2D eigenvalue weighted by Gasteiger charge is 2.38. The van der Waals surface area contributed by atoms with E-state index in [2.05, 4.69) is 4.98 Å². The second-order valence-corrected chi connectivity index (χ2v) is 3.59. The second kappa shape index (κ2) is 5.05. The number of hydrogen-bond donors (Lipinski definition) is 1. The van der Waals surface area contributed by atoms with Crippen molar-refractivity contribution in [1.82, 2.24) is 4.98 Å². The van der Waals surface area contributed by atoms with Crippen LogP contribution in [0.1, 0.15) is 23.2 Å². The molecule has 0 bridgehead atoms. The van der Waals surface area contributed by atoms with E-state index in [1.807, 2.05) is 0 Å². The highest BCUT2D eigenvalue weighted by molar-refractivity contribution is 6.32. The van der Waals surface area contributed by atoms with Crippen molar-refractivity contribution in [2.24, 2.45) is 0 Å². The van der Waals surface area contributed by atoms with Gasteiger partial charge in [0.2, 0.25) is 0 Å². The Morgan fingerprint density at radius 1 is 1.44 bits per heavy atom. The summed E-state index contributed by atoms with van der Waals surface area (Å²) < 4.78 is 62.5. The standard InChI is InChI=1S/C9H5ClF5NO2/c10-7-4(1-5(17)18)16-2-3(9(13,14)15)6(7)8(11)12/h2,8H,1H2,(H,17,18). The third kappa shape index (κ3) is 3.06. The third-order valence-electron chi connectivity index (χ3n) is 1.97. The maximum atomic E-state index is 12.6. The van der Waals surface area contributed by atoms with Crippen molar-refractivity contribution >= 4 is 17.6 Å². The van der Waals surface area contributed by atoms with E-state index >= 15 is 0 Å². The molecule has 0 amide bonds. The van der Waals surface area contributed by atoms with Crippen LogP contribution in [0.4, 0.5) is 22.0 Å². The van der Waals surface area contributed by atoms with Crippen molar-refractivity contribution in [3.05, 3.63) is 28.0 Å². The summed E-state index contributed by atoms with van der Waals surface area (Å²) in [6.45, 7) is 0. The molecule has 0 saturated carbocycles. The van der Waals surface area contributed by atoms with E-state index in [1.165, 1.54) is 0 Å². The molecule has 9 heteroatoms. The van der Waals surface area contributed by atoms with Gasteiger partial charge in [0.15, 0.2) is 0 Å². The van der Waals surface area contributed by atoms with Gasteiger partial charge in [0.05, 0.1) is 28.3 Å². The number of carbonyl (C=O) groups is 1. The smallest absolute Gasteiger partial charge is 0.418 e. The van der Waals surface area contributed by atoms with E-state index in [0.29, 0.717) is 0 Å². The van der Waals surface area contributed by atoms with Crippen molar-refractivity contribution in [2.75, 3.05) is 0 Å². The van der Waals surface area contributed by atoms with Crippen LogP contribution in [0.25, 0.3) is 0 Å². The number of pyridine rings is 1. The molecule has 100 valence electrons. The van der Waals surface area contributed by atoms with E-state index in [4.69, 9.17) is 16.7 Å². The first-order chi connectivity index (χ1) is 8.14. The molecular formula is C9H5ClF5NO2. The molecule has 0 atom stereocenters. The van der Waals surface area contributed by atoms with Crippen LogP contribution >= 0.6 is 11.6 Å². The second-order valence-electron chi connectivity index (χ2n) is 3.22. The van der Waals surface area contributed by atoms with Crippen molar-refractivity contribution in [2.45, 2.75) is 19.0 Å². The summed E-state index contributed by atoms with van der Waals surface area (Å²) in [7, 11) is 0. The molecule has 0 radical (unpaired) electrons. The zero-order valence-electron chi connectivity index (χ0n) is 8.43. The Labute approximate surface area is 102 Å². The molecule has 3 nitrogen and oxygen atoms in total. The fourth-order valence-corrected chi connectivity index (χ4v) is 1.55. The Balaban J connectivity index is 3.42. The number of rotatable bonds is 3. The highest BCUT2D eigenvalue weighted by Crippen LogP contribution is 2.40. The zero-order chi connectivity index (χ0) is 14.1. The number of carboxylic acid groups (broad SMARTS) is 1. The minimum Gasteiger partial charge on any atom is -0.481 e. The Kier molecular flexibility index (Phi) is 4.10. The molecule has 0 aliphatic heterocycles. The van der Waals surface area contributed by atoms with Crippen LogP contribution in [-0.4, -0.2) is 16.1 Å². The van der Waals surface area contributed by atoms with E-state index in [9.17, 15) is 26.7 Å². The van der Waals surface area contributed by atoms with Gasteiger partial charge in [-0.3, -0.25) is 9.78 Å². The summed E-state index contributed by atoms with van der Waals surface area (Å²) in [6.07, 6.45) is -9.20. The van der Waals surface area contributed by atoms with Gasteiger partial charge in [0, 0.05) is 6.20 Å². The summed E-state index contributed by atoms with van der Waals surface area (Å²) in [6, 6.07) is 0. The number of hydrogen-bond acceptors (Lipinski definition) is 2. The summed E-state index contributed by atoms with van der Waals surface area (Å²) in [5, 5.41) is 7.47. The van der Waals surface area contributed by atoms with Crippen LogP contribution in [0.3, 0.4) is 0 Å². The predicted octanol–water partition coefficient (Wildman–Crippen LogP) is 3.32. The first-order valence-corrected chi connectivity index (χ1v) is 4.76. The van der Waals surface area contributed by atoms with Crippen molar-refractivity contribution in [3.63, 3.8) is 0 Å². The van der Waals surface area contributed by atoms with Gasteiger partial charge in [-0.25, -0.2) is 8.78 Å². The van der Waals surface area contributed by atoms with Gasteiger partial charge in [0.1, 0.15) is 0 Å². The average Bonchev–Trinajstić information content (AvgIpc) is 2.17. The molecule has 1 aromatic rings. The first-order valence-electron chi connectivity index (χ1n) is 4.39. The predicted molar refractivity (Wildman–Crippen MR) is 50.5 cm³/mol. The Morgan fingerprint density at radius 2 is 2.00 bits per heavy atom. The van der Waals surface area contributed by atoms with Crippen LogP contribution in [0.2, 0.25) is 5.02 Å². The lowest BCUT2D eigenvalue weighted by Gasteiger charge is -2.15. The molecule has 0 saturated heterocycles. The molecule has 0 spiro atoms. The average molecular weight is 290 g/mol. The number of aliphatic carboxylic acids is 1. The monoisotopic (exact) mass is 289 g/mol. The number of alkyl halides is 5. The van der Waals surface area contributed by atoms with Gasteiger partial charge in [-0.2, -0.15) is 13.2 Å². The number of aromatic nitrogens is 1. The molecule has 1 N–H and O–H groups in total. The van der Waals surface area contributed by atoms with Gasteiger partial charge in [-0.15, -0.1) is 0 Å². The molecule has 0 aromatic carbocycles. The fourth-order valence-electron chi connectivity index (χ4n) is 1.25. The van der Waals surface area contributed by atoms with Crippen molar-refractivity contribution in [1.29, 1.82) is 0 Å². The minimum atomic E-state index is -5.04. The van der Waals surface area contributed by atoms with Crippen LogP contribution < -0.4 is 0 Å². The quantitative estimate of drug-likeness (QED) is 0.869. The number of nitrogens with zero attached hydrogens (tertiary/aromatic N) is 1. The van der Waals surface area contributed by atoms with Crippen LogP contribution in [0.5, 0.6) is 0 Å². The van der Waals surface area contributed by atoms with Gasteiger partial charge in [-0.1, -0.05) is 11.6 Å². The molecule has 18 heavy (non-hydrogen) atoms. The van der Waals surface area contributed by atoms with Crippen LogP contribution in [0, 0.1) is 0 Å². The first kappa shape index (κ1) is 14.6. The third-order valence-corrected chi connectivity index (χ3v) is 2.39.